The fourth-order valence-corrected chi connectivity index (χ4v) is 1.09. The number of nitrogens with one attached hydrogen (secondary N) is 1. The molecule has 1 heterocycles. The third-order valence-electron chi connectivity index (χ3n) is 1.75. The van der Waals surface area contributed by atoms with Crippen molar-refractivity contribution in [2.24, 2.45) is 0 Å². The first-order valence-electron chi connectivity index (χ1n) is 4.74. The van der Waals surface area contributed by atoms with Gasteiger partial charge < -0.3 is 5.32 Å². The van der Waals surface area contributed by atoms with E-state index in [1.807, 2.05) is 19.9 Å². The lowest BCUT2D eigenvalue weighted by Crippen LogP contribution is -2.32. The number of aromatic nitrogens is 2. The number of rotatable bonds is 3. The first kappa shape index (κ1) is 11.9. The average Bonchev–Trinajstić information content (AvgIpc) is 2.28. The molecule has 0 fully saturated rings. The molecular formula is C11H12N4O. The molecule has 1 N–H and O–H groups in total. The molecule has 0 saturated carbocycles. The molecule has 0 radical (unpaired) electrons. The highest BCUT2D eigenvalue weighted by Gasteiger charge is 2.10. The van der Waals surface area contributed by atoms with Gasteiger partial charge in [0.05, 0.1) is 11.6 Å². The van der Waals surface area contributed by atoms with Crippen molar-refractivity contribution in [3.63, 3.8) is 0 Å². The van der Waals surface area contributed by atoms with Crippen molar-refractivity contribution in [1.29, 1.82) is 5.26 Å². The van der Waals surface area contributed by atoms with Crippen LogP contribution in [0, 0.1) is 11.3 Å². The lowest BCUT2D eigenvalue weighted by atomic mass is 10.2. The van der Waals surface area contributed by atoms with Crippen LogP contribution in [0.15, 0.2) is 30.4 Å². The Morgan fingerprint density at radius 3 is 2.62 bits per heavy atom. The molecule has 1 aromatic rings. The maximum absolute atomic E-state index is 11.6. The van der Waals surface area contributed by atoms with Crippen molar-refractivity contribution < 1.29 is 4.79 Å². The van der Waals surface area contributed by atoms with Gasteiger partial charge in [-0.3, -0.25) is 4.79 Å². The molecule has 1 amide bonds. The minimum Gasteiger partial charge on any atom is -0.333 e. The summed E-state index contributed by atoms with van der Waals surface area (Å²) in [6.45, 7) is 3.73. The molecule has 0 aliphatic heterocycles. The van der Waals surface area contributed by atoms with Gasteiger partial charge >= 0.3 is 0 Å². The summed E-state index contributed by atoms with van der Waals surface area (Å²) in [6.07, 6.45) is 5.83. The van der Waals surface area contributed by atoms with Gasteiger partial charge in [0.2, 0.25) is 0 Å². The van der Waals surface area contributed by atoms with Crippen molar-refractivity contribution in [1.82, 2.24) is 15.3 Å². The Hall–Kier alpha value is -2.22. The van der Waals surface area contributed by atoms with Gasteiger partial charge in [-0.1, -0.05) is 5.57 Å². The van der Waals surface area contributed by atoms with Gasteiger partial charge in [-0.2, -0.15) is 5.26 Å². The number of nitrogens with zero attached hydrogens (tertiary/aromatic N) is 3. The van der Waals surface area contributed by atoms with Gasteiger partial charge in [0.25, 0.3) is 5.91 Å². The number of carbonyl (C=O) groups excluding carboxylic acids is 1. The summed E-state index contributed by atoms with van der Waals surface area (Å²) in [6, 6.07) is 1.36. The third kappa shape index (κ3) is 3.50. The fourth-order valence-electron chi connectivity index (χ4n) is 1.09. The Bertz CT molecular complexity index is 429. The lowest BCUT2D eigenvalue weighted by molar-refractivity contribution is 0.0950. The van der Waals surface area contributed by atoms with Gasteiger partial charge in [0, 0.05) is 12.4 Å². The Labute approximate surface area is 93.8 Å². The predicted molar refractivity (Wildman–Crippen MR) is 58.3 cm³/mol. The molecule has 0 aromatic carbocycles. The SMILES string of the molecule is CC(C)=CC(C#N)NC(=O)c1cncnc1. The van der Waals surface area contributed by atoms with Crippen LogP contribution < -0.4 is 5.32 Å². The largest absolute Gasteiger partial charge is 0.333 e. The summed E-state index contributed by atoms with van der Waals surface area (Å²) in [5, 5.41) is 11.4. The number of carbonyl (C=O) groups is 1. The highest BCUT2D eigenvalue weighted by atomic mass is 16.1. The second-order valence-corrected chi connectivity index (χ2v) is 3.45. The molecule has 1 aromatic heterocycles. The number of nitriles is 1. The average molecular weight is 216 g/mol. The molecule has 16 heavy (non-hydrogen) atoms. The summed E-state index contributed by atoms with van der Waals surface area (Å²) < 4.78 is 0. The molecule has 82 valence electrons. The summed E-state index contributed by atoms with van der Waals surface area (Å²) in [4.78, 5) is 19.1. The normalized spacial score (nSPS) is 11.1. The van der Waals surface area contributed by atoms with E-state index in [1.165, 1.54) is 18.7 Å². The van der Waals surface area contributed by atoms with E-state index in [-0.39, 0.29) is 5.91 Å². The monoisotopic (exact) mass is 216 g/mol. The van der Waals surface area contributed by atoms with E-state index in [1.54, 1.807) is 6.08 Å². The highest BCUT2D eigenvalue weighted by Crippen LogP contribution is 1.97. The number of amides is 1. The van der Waals surface area contributed by atoms with Crippen LogP contribution in [0.3, 0.4) is 0 Å². The molecule has 0 spiro atoms. The molecule has 0 aliphatic rings. The molecule has 5 nitrogen and oxygen atoms in total. The first-order valence-corrected chi connectivity index (χ1v) is 4.74. The van der Waals surface area contributed by atoms with Crippen LogP contribution in [-0.2, 0) is 0 Å². The summed E-state index contributed by atoms with van der Waals surface area (Å²) in [7, 11) is 0. The van der Waals surface area contributed by atoms with E-state index < -0.39 is 6.04 Å². The van der Waals surface area contributed by atoms with E-state index in [9.17, 15) is 4.79 Å². The van der Waals surface area contributed by atoms with Crippen LogP contribution in [-0.4, -0.2) is 21.9 Å². The Morgan fingerprint density at radius 1 is 1.50 bits per heavy atom. The van der Waals surface area contributed by atoms with Crippen LogP contribution in [0.25, 0.3) is 0 Å². The molecule has 5 heteroatoms. The zero-order valence-corrected chi connectivity index (χ0v) is 9.14. The molecule has 1 atom stereocenters. The van der Waals surface area contributed by atoms with Crippen molar-refractivity contribution in [3.8, 4) is 6.07 Å². The quantitative estimate of drug-likeness (QED) is 0.766. The number of hydrogen-bond acceptors (Lipinski definition) is 4. The predicted octanol–water partition coefficient (Wildman–Crippen LogP) is 1.06. The molecule has 0 aliphatic carbocycles. The number of allylic oxidation sites excluding steroid dienone is 1. The van der Waals surface area contributed by atoms with Gasteiger partial charge in [-0.05, 0) is 19.9 Å². The first-order chi connectivity index (χ1) is 7.63. The van der Waals surface area contributed by atoms with Crippen LogP contribution in [0.1, 0.15) is 24.2 Å². The zero-order chi connectivity index (χ0) is 12.0. The second kappa shape index (κ2) is 5.61. The van der Waals surface area contributed by atoms with E-state index in [2.05, 4.69) is 15.3 Å². The smallest absolute Gasteiger partial charge is 0.255 e. The van der Waals surface area contributed by atoms with Crippen LogP contribution in [0.2, 0.25) is 0 Å². The van der Waals surface area contributed by atoms with Crippen molar-refractivity contribution in [2.75, 3.05) is 0 Å². The molecular weight excluding hydrogens is 204 g/mol. The van der Waals surface area contributed by atoms with Gasteiger partial charge in [0.15, 0.2) is 0 Å². The van der Waals surface area contributed by atoms with Crippen LogP contribution in [0.4, 0.5) is 0 Å². The maximum atomic E-state index is 11.6. The summed E-state index contributed by atoms with van der Waals surface area (Å²) in [5.74, 6) is -0.357. The lowest BCUT2D eigenvalue weighted by Gasteiger charge is -2.07. The van der Waals surface area contributed by atoms with Crippen molar-refractivity contribution in [3.05, 3.63) is 35.9 Å². The molecule has 0 saturated heterocycles. The standard InChI is InChI=1S/C11H12N4O/c1-8(2)3-10(4-12)15-11(16)9-5-13-7-14-6-9/h3,5-7,10H,1-2H3,(H,15,16). The molecule has 0 bridgehead atoms. The highest BCUT2D eigenvalue weighted by molar-refractivity contribution is 5.94. The summed E-state index contributed by atoms with van der Waals surface area (Å²) >= 11 is 0. The second-order valence-electron chi connectivity index (χ2n) is 3.45. The summed E-state index contributed by atoms with van der Waals surface area (Å²) in [5.41, 5.74) is 1.31. The van der Waals surface area contributed by atoms with E-state index >= 15 is 0 Å². The minimum atomic E-state index is -0.627. The molecule has 1 rings (SSSR count). The molecule has 1 unspecified atom stereocenters. The Morgan fingerprint density at radius 2 is 2.12 bits per heavy atom. The maximum Gasteiger partial charge on any atom is 0.255 e. The Kier molecular flexibility index (Phi) is 4.16. The van der Waals surface area contributed by atoms with Gasteiger partial charge in [0.1, 0.15) is 12.4 Å². The van der Waals surface area contributed by atoms with Gasteiger partial charge in [-0.15, -0.1) is 0 Å². The fraction of sp³-hybridized carbons (Fsp3) is 0.273. The van der Waals surface area contributed by atoms with E-state index in [4.69, 9.17) is 5.26 Å². The number of hydrogen-bond donors (Lipinski definition) is 1. The van der Waals surface area contributed by atoms with E-state index in [0.29, 0.717) is 5.56 Å². The van der Waals surface area contributed by atoms with Crippen molar-refractivity contribution in [2.45, 2.75) is 19.9 Å². The van der Waals surface area contributed by atoms with Gasteiger partial charge in [-0.25, -0.2) is 9.97 Å². The topological polar surface area (TPSA) is 78.7 Å². The zero-order valence-electron chi connectivity index (χ0n) is 9.14. The Balaban J connectivity index is 2.72. The van der Waals surface area contributed by atoms with Crippen LogP contribution in [0.5, 0.6) is 0 Å². The van der Waals surface area contributed by atoms with Crippen LogP contribution >= 0.6 is 0 Å². The minimum absolute atomic E-state index is 0.338. The third-order valence-corrected chi connectivity index (χ3v) is 1.75. The van der Waals surface area contributed by atoms with E-state index in [0.717, 1.165) is 5.57 Å². The van der Waals surface area contributed by atoms with Crippen molar-refractivity contribution >= 4 is 5.91 Å².